The minimum absolute atomic E-state index is 0.0460. The Morgan fingerprint density at radius 1 is 0.426 bits per heavy atom. The molecule has 1 aromatic carbocycles. The van der Waals surface area contributed by atoms with Crippen LogP contribution in [0.3, 0.4) is 0 Å². The highest BCUT2D eigenvalue weighted by Gasteiger charge is 2.27. The van der Waals surface area contributed by atoms with Gasteiger partial charge in [-0.25, -0.2) is 14.4 Å². The highest BCUT2D eigenvalue weighted by Crippen LogP contribution is 2.32. The molecule has 54 heavy (non-hydrogen) atoms. The van der Waals surface area contributed by atoms with E-state index in [9.17, 15) is 28.8 Å². The third kappa shape index (κ3) is 19.9. The summed E-state index contributed by atoms with van der Waals surface area (Å²) in [6.45, 7) is 13.5. The molecule has 6 N–H and O–H groups in total. The molecule has 0 radical (unpaired) electrons. The fourth-order valence-electron chi connectivity index (χ4n) is 4.36. The summed E-state index contributed by atoms with van der Waals surface area (Å²) >= 11 is 9.41. The quantitative estimate of drug-likeness (QED) is 0.0675. The second-order valence-electron chi connectivity index (χ2n) is 14.3. The van der Waals surface area contributed by atoms with Crippen LogP contribution in [0, 0.1) is 0 Å². The molecule has 0 atom stereocenters. The molecule has 0 spiro atoms. The number of halogens is 3. The van der Waals surface area contributed by atoms with Gasteiger partial charge in [-0.1, -0.05) is 47.8 Å². The van der Waals surface area contributed by atoms with Gasteiger partial charge in [0, 0.05) is 19.6 Å². The molecule has 0 bridgehead atoms. The normalized spacial score (nSPS) is 11.6. The molecule has 0 aliphatic carbocycles. The predicted molar refractivity (Wildman–Crippen MR) is 206 cm³/mol. The fourth-order valence-corrected chi connectivity index (χ4v) is 4.95. The Labute approximate surface area is 340 Å². The molecular weight excluding hydrogens is 912 g/mol. The molecule has 6 amide bonds. The minimum Gasteiger partial charge on any atom is -0.442 e. The van der Waals surface area contributed by atoms with E-state index in [4.69, 9.17) is 28.7 Å². The van der Waals surface area contributed by atoms with E-state index in [0.717, 1.165) is 0 Å². The van der Waals surface area contributed by atoms with Crippen molar-refractivity contribution in [1.82, 2.24) is 32.4 Å². The topological polar surface area (TPSA) is 230 Å². The molecule has 0 saturated heterocycles. The van der Waals surface area contributed by atoms with Gasteiger partial charge < -0.3 is 30.2 Å². The summed E-state index contributed by atoms with van der Waals surface area (Å²) in [7, 11) is 0. The summed E-state index contributed by atoms with van der Waals surface area (Å²) < 4.78 is 15.9. The van der Waals surface area contributed by atoms with Crippen molar-refractivity contribution in [3.63, 3.8) is 0 Å². The number of hydroxylamine groups is 3. The van der Waals surface area contributed by atoms with Gasteiger partial charge in [0.15, 0.2) is 0 Å². The molecule has 1 aromatic rings. The standard InChI is InChI=1S/C33H51Br3N6O12/c1-31(2,3)52-28(46)40-49-16-22-19(13-37-25(43)10-34)23(17-50-41-29(47)53-32(4,5)6)21(15-39-27(45)12-36)24(20(22)14-38-26(44)11-35)18-51-42-30(48)54-33(7,8)9/h10-18H2,1-9H3,(H,37,43)(H,38,44)(H,39,45)(H,40,46)(H,41,47)(H,42,48). The summed E-state index contributed by atoms with van der Waals surface area (Å²) in [4.78, 5) is 92.2. The fraction of sp³-hybridized carbons (Fsp3) is 0.636. The Balaban J connectivity index is 4.09. The van der Waals surface area contributed by atoms with Crippen LogP contribution in [0.1, 0.15) is 95.7 Å². The Morgan fingerprint density at radius 2 is 0.648 bits per heavy atom. The van der Waals surface area contributed by atoms with Gasteiger partial charge in [-0.2, -0.15) is 16.4 Å². The van der Waals surface area contributed by atoms with Crippen LogP contribution in [0.5, 0.6) is 0 Å². The Kier molecular flexibility index (Phi) is 20.8. The zero-order valence-electron chi connectivity index (χ0n) is 31.9. The number of amides is 6. The first-order valence-corrected chi connectivity index (χ1v) is 19.8. The van der Waals surface area contributed by atoms with Crippen LogP contribution in [-0.2, 0) is 82.6 Å². The maximum atomic E-state index is 12.6. The van der Waals surface area contributed by atoms with Gasteiger partial charge in [0.2, 0.25) is 17.7 Å². The first kappa shape index (κ1) is 48.8. The van der Waals surface area contributed by atoms with E-state index in [2.05, 4.69) is 80.2 Å². The number of hydrogen-bond donors (Lipinski definition) is 6. The van der Waals surface area contributed by atoms with Crippen molar-refractivity contribution in [2.45, 2.75) is 119 Å². The lowest BCUT2D eigenvalue weighted by atomic mass is 9.86. The summed E-state index contributed by atoms with van der Waals surface area (Å²) in [5.41, 5.74) is 6.27. The van der Waals surface area contributed by atoms with Crippen molar-refractivity contribution in [2.24, 2.45) is 0 Å². The first-order valence-electron chi connectivity index (χ1n) is 16.5. The van der Waals surface area contributed by atoms with Crippen molar-refractivity contribution >= 4 is 83.8 Å². The molecule has 21 heteroatoms. The lowest BCUT2D eigenvalue weighted by Gasteiger charge is -2.28. The number of nitrogens with one attached hydrogen (secondary N) is 6. The van der Waals surface area contributed by atoms with Crippen LogP contribution >= 0.6 is 47.8 Å². The summed E-state index contributed by atoms with van der Waals surface area (Å²) in [5, 5.41) is 8.20. The van der Waals surface area contributed by atoms with Crippen molar-refractivity contribution in [3.8, 4) is 0 Å². The van der Waals surface area contributed by atoms with E-state index in [1.807, 2.05) is 0 Å². The third-order valence-corrected chi connectivity index (χ3v) is 7.78. The number of hydrogen-bond acceptors (Lipinski definition) is 12. The number of carbonyl (C=O) groups is 6. The van der Waals surface area contributed by atoms with Crippen LogP contribution in [0.25, 0.3) is 0 Å². The monoisotopic (exact) mass is 960 g/mol. The largest absolute Gasteiger partial charge is 0.442 e. The molecule has 0 unspecified atom stereocenters. The van der Waals surface area contributed by atoms with E-state index in [0.29, 0.717) is 33.4 Å². The van der Waals surface area contributed by atoms with Gasteiger partial charge >= 0.3 is 18.3 Å². The van der Waals surface area contributed by atoms with Crippen LogP contribution in [0.15, 0.2) is 0 Å². The van der Waals surface area contributed by atoms with E-state index in [1.165, 1.54) is 0 Å². The van der Waals surface area contributed by atoms with Crippen molar-refractivity contribution in [1.29, 1.82) is 0 Å². The van der Waals surface area contributed by atoms with Gasteiger partial charge in [0.05, 0.1) is 16.0 Å². The average Bonchev–Trinajstić information content (AvgIpc) is 3.03. The SMILES string of the molecule is CC(C)(C)OC(=O)NOCc1c(CNC(=O)CBr)c(CONC(=O)OC(C)(C)C)c(CNC(=O)CBr)c(CONC(=O)OC(C)(C)C)c1CNC(=O)CBr. The van der Waals surface area contributed by atoms with Crippen LogP contribution in [0.4, 0.5) is 14.4 Å². The zero-order valence-corrected chi connectivity index (χ0v) is 36.7. The predicted octanol–water partition coefficient (Wildman–Crippen LogP) is 4.59. The van der Waals surface area contributed by atoms with Gasteiger partial charge in [-0.15, -0.1) is 0 Å². The first-order chi connectivity index (χ1) is 25.0. The van der Waals surface area contributed by atoms with Crippen LogP contribution < -0.4 is 32.4 Å². The molecule has 0 saturated carbocycles. The third-order valence-electron chi connectivity index (χ3n) is 6.25. The Bertz CT molecular complexity index is 1280. The van der Waals surface area contributed by atoms with Gasteiger partial charge in [0.1, 0.15) is 36.6 Å². The molecule has 0 fully saturated rings. The Morgan fingerprint density at radius 3 is 0.833 bits per heavy atom. The molecule has 0 aromatic heterocycles. The maximum absolute atomic E-state index is 12.6. The lowest BCUT2D eigenvalue weighted by Crippen LogP contribution is -2.35. The number of benzene rings is 1. The second kappa shape index (κ2) is 23.0. The maximum Gasteiger partial charge on any atom is 0.431 e. The number of rotatable bonds is 18. The summed E-state index contributed by atoms with van der Waals surface area (Å²) in [6.07, 6.45) is -2.68. The molecule has 0 aliphatic heterocycles. The number of ether oxygens (including phenoxy) is 3. The van der Waals surface area contributed by atoms with Crippen LogP contribution in [0.2, 0.25) is 0 Å². The lowest BCUT2D eigenvalue weighted by molar-refractivity contribution is -0.119. The molecule has 0 aliphatic rings. The minimum atomic E-state index is -0.893. The summed E-state index contributed by atoms with van der Waals surface area (Å²) in [5.74, 6) is -1.20. The van der Waals surface area contributed by atoms with Gasteiger partial charge in [-0.05, 0) is 95.7 Å². The highest BCUT2D eigenvalue weighted by atomic mass is 79.9. The molecule has 306 valence electrons. The second-order valence-corrected chi connectivity index (χ2v) is 16.0. The molecular formula is C33H51Br3N6O12. The number of alkyl halides is 3. The van der Waals surface area contributed by atoms with Gasteiger partial charge in [0.25, 0.3) is 0 Å². The van der Waals surface area contributed by atoms with E-state index in [1.54, 1.807) is 62.3 Å². The van der Waals surface area contributed by atoms with Crippen molar-refractivity contribution < 1.29 is 57.5 Å². The highest BCUT2D eigenvalue weighted by molar-refractivity contribution is 9.09. The van der Waals surface area contributed by atoms with Crippen molar-refractivity contribution in [3.05, 3.63) is 33.4 Å². The van der Waals surface area contributed by atoms with E-state index < -0.39 is 52.8 Å². The van der Waals surface area contributed by atoms with E-state index in [-0.39, 0.29) is 55.4 Å². The average molecular weight is 964 g/mol. The van der Waals surface area contributed by atoms with Crippen molar-refractivity contribution in [2.75, 3.05) is 16.0 Å². The summed E-state index contributed by atoms with van der Waals surface area (Å²) in [6, 6.07) is 0. The number of carbonyl (C=O) groups excluding carboxylic acids is 6. The van der Waals surface area contributed by atoms with E-state index >= 15 is 0 Å². The van der Waals surface area contributed by atoms with Crippen LogP contribution in [-0.4, -0.2) is 68.8 Å². The molecule has 1 rings (SSSR count). The molecule has 18 nitrogen and oxygen atoms in total. The zero-order chi connectivity index (χ0) is 41.3. The van der Waals surface area contributed by atoms with Gasteiger partial charge in [-0.3, -0.25) is 28.9 Å². The molecule has 0 heterocycles. The smallest absolute Gasteiger partial charge is 0.431 e. The Hall–Kier alpha value is -3.24.